The first-order chi connectivity index (χ1) is 8.61. The van der Waals surface area contributed by atoms with E-state index in [9.17, 15) is 8.78 Å². The van der Waals surface area contributed by atoms with Crippen LogP contribution in [-0.2, 0) is 11.2 Å². The third-order valence-corrected chi connectivity index (χ3v) is 4.10. The number of ether oxygens (including phenoxy) is 1. The number of hydrogen-bond acceptors (Lipinski definition) is 2. The first-order valence-corrected chi connectivity index (χ1v) is 6.48. The topological polar surface area (TPSA) is 35.2 Å². The van der Waals surface area contributed by atoms with Crippen LogP contribution < -0.4 is 5.73 Å². The lowest BCUT2D eigenvalue weighted by atomic mass is 9.82. The molecule has 2 aliphatic rings. The lowest BCUT2D eigenvalue weighted by Gasteiger charge is -2.25. The van der Waals surface area contributed by atoms with Crippen LogP contribution in [0.15, 0.2) is 18.2 Å². The second-order valence-electron chi connectivity index (χ2n) is 5.42. The van der Waals surface area contributed by atoms with E-state index in [-0.39, 0.29) is 12.1 Å². The maximum Gasteiger partial charge on any atom is 0.126 e. The van der Waals surface area contributed by atoms with Crippen LogP contribution >= 0.6 is 0 Å². The zero-order valence-corrected chi connectivity index (χ0v) is 10.1. The average Bonchev–Trinajstić information content (AvgIpc) is 2.88. The molecule has 98 valence electrons. The van der Waals surface area contributed by atoms with E-state index < -0.39 is 11.6 Å². The van der Waals surface area contributed by atoms with Gasteiger partial charge in [-0.15, -0.1) is 0 Å². The number of fused-ring (bicyclic) bond motifs is 2. The van der Waals surface area contributed by atoms with Gasteiger partial charge in [0, 0.05) is 18.0 Å². The largest absolute Gasteiger partial charge is 0.375 e. The van der Waals surface area contributed by atoms with Crippen molar-refractivity contribution in [1.29, 1.82) is 0 Å². The van der Waals surface area contributed by atoms with Crippen molar-refractivity contribution < 1.29 is 13.5 Å². The van der Waals surface area contributed by atoms with Gasteiger partial charge in [-0.1, -0.05) is 0 Å². The molecule has 1 aromatic rings. The van der Waals surface area contributed by atoms with Crippen LogP contribution in [0, 0.1) is 17.6 Å². The molecule has 3 rings (SSSR count). The monoisotopic (exact) mass is 253 g/mol. The fourth-order valence-electron chi connectivity index (χ4n) is 3.28. The minimum atomic E-state index is -0.540. The van der Waals surface area contributed by atoms with Crippen molar-refractivity contribution in [1.82, 2.24) is 0 Å². The average molecular weight is 253 g/mol. The van der Waals surface area contributed by atoms with E-state index in [1.165, 1.54) is 12.1 Å². The Morgan fingerprint density at radius 3 is 2.50 bits per heavy atom. The van der Waals surface area contributed by atoms with Gasteiger partial charge in [0.1, 0.15) is 11.6 Å². The van der Waals surface area contributed by atoms with Gasteiger partial charge >= 0.3 is 0 Å². The Morgan fingerprint density at radius 2 is 1.94 bits per heavy atom. The van der Waals surface area contributed by atoms with E-state index in [4.69, 9.17) is 10.5 Å². The molecule has 2 N–H and O–H groups in total. The van der Waals surface area contributed by atoms with Crippen molar-refractivity contribution >= 4 is 0 Å². The van der Waals surface area contributed by atoms with Gasteiger partial charge in [-0.05, 0) is 43.4 Å². The van der Waals surface area contributed by atoms with E-state index in [2.05, 4.69) is 0 Å². The zero-order valence-electron chi connectivity index (χ0n) is 10.1. The van der Waals surface area contributed by atoms with Crippen LogP contribution in [0.3, 0.4) is 0 Å². The molecule has 0 amide bonds. The van der Waals surface area contributed by atoms with Crippen molar-refractivity contribution in [2.45, 2.75) is 43.9 Å². The predicted molar refractivity (Wildman–Crippen MR) is 64.0 cm³/mol. The Hall–Kier alpha value is -1.00. The lowest BCUT2D eigenvalue weighted by Crippen LogP contribution is -2.38. The van der Waals surface area contributed by atoms with E-state index in [0.717, 1.165) is 25.3 Å². The fourth-order valence-corrected chi connectivity index (χ4v) is 3.28. The number of halogens is 2. The van der Waals surface area contributed by atoms with Crippen LogP contribution in [0.2, 0.25) is 0 Å². The summed E-state index contributed by atoms with van der Waals surface area (Å²) in [5.74, 6) is -0.752. The van der Waals surface area contributed by atoms with Crippen LogP contribution in [0.1, 0.15) is 24.8 Å². The normalized spacial score (nSPS) is 31.8. The van der Waals surface area contributed by atoms with E-state index in [1.807, 2.05) is 0 Å². The molecule has 0 radical (unpaired) electrons. The standard InChI is InChI=1S/C14H17F2NO/c15-9-3-8(4-10(16)6-9)5-13(17)12-7-11-1-2-14(12)18-11/h3-4,6,11-14H,1-2,5,7,17H2. The molecule has 2 nitrogen and oxygen atoms in total. The van der Waals surface area contributed by atoms with E-state index in [0.29, 0.717) is 24.0 Å². The summed E-state index contributed by atoms with van der Waals surface area (Å²) in [5.41, 5.74) is 6.80. The third-order valence-electron chi connectivity index (χ3n) is 4.10. The van der Waals surface area contributed by atoms with Crippen molar-refractivity contribution in [3.8, 4) is 0 Å². The second-order valence-corrected chi connectivity index (χ2v) is 5.42. The van der Waals surface area contributed by atoms with Crippen LogP contribution in [0.25, 0.3) is 0 Å². The van der Waals surface area contributed by atoms with Crippen LogP contribution in [-0.4, -0.2) is 18.2 Å². The van der Waals surface area contributed by atoms with Gasteiger partial charge in [-0.2, -0.15) is 0 Å². The Labute approximate surface area is 105 Å². The molecule has 0 aliphatic carbocycles. The summed E-state index contributed by atoms with van der Waals surface area (Å²) < 4.78 is 32.0. The van der Waals surface area contributed by atoms with Gasteiger partial charge < -0.3 is 10.5 Å². The maximum absolute atomic E-state index is 13.1. The van der Waals surface area contributed by atoms with Gasteiger partial charge in [0.05, 0.1) is 12.2 Å². The molecule has 2 aliphatic heterocycles. The summed E-state index contributed by atoms with van der Waals surface area (Å²) in [5, 5.41) is 0. The molecule has 4 heteroatoms. The molecule has 2 heterocycles. The molecule has 18 heavy (non-hydrogen) atoms. The lowest BCUT2D eigenvalue weighted by molar-refractivity contribution is 0.0885. The number of rotatable bonds is 3. The van der Waals surface area contributed by atoms with Crippen molar-refractivity contribution in [2.75, 3.05) is 0 Å². The minimum absolute atomic E-state index is 0.0819. The summed E-state index contributed by atoms with van der Waals surface area (Å²) in [7, 11) is 0. The van der Waals surface area contributed by atoms with Crippen LogP contribution in [0.5, 0.6) is 0 Å². The number of benzene rings is 1. The van der Waals surface area contributed by atoms with Gasteiger partial charge in [-0.3, -0.25) is 0 Å². The van der Waals surface area contributed by atoms with Gasteiger partial charge in [0.15, 0.2) is 0 Å². The highest BCUT2D eigenvalue weighted by Gasteiger charge is 2.43. The molecule has 2 saturated heterocycles. The Balaban J connectivity index is 1.68. The summed E-state index contributed by atoms with van der Waals surface area (Å²) in [6, 6.07) is 3.52. The highest BCUT2D eigenvalue weighted by Crippen LogP contribution is 2.40. The van der Waals surface area contributed by atoms with Crippen LogP contribution in [0.4, 0.5) is 8.78 Å². The fraction of sp³-hybridized carbons (Fsp3) is 0.571. The molecular weight excluding hydrogens is 236 g/mol. The van der Waals surface area contributed by atoms with E-state index >= 15 is 0 Å². The molecule has 4 atom stereocenters. The summed E-state index contributed by atoms with van der Waals surface area (Å²) >= 11 is 0. The molecule has 2 fully saturated rings. The van der Waals surface area contributed by atoms with Gasteiger partial charge in [-0.25, -0.2) is 8.78 Å². The first kappa shape index (κ1) is 12.1. The number of hydrogen-bond donors (Lipinski definition) is 1. The molecule has 0 saturated carbocycles. The van der Waals surface area contributed by atoms with Crippen molar-refractivity contribution in [3.05, 3.63) is 35.4 Å². The number of nitrogens with two attached hydrogens (primary N) is 1. The highest BCUT2D eigenvalue weighted by atomic mass is 19.1. The van der Waals surface area contributed by atoms with Gasteiger partial charge in [0.2, 0.25) is 0 Å². The first-order valence-electron chi connectivity index (χ1n) is 6.48. The van der Waals surface area contributed by atoms with Crippen molar-refractivity contribution in [3.63, 3.8) is 0 Å². The minimum Gasteiger partial charge on any atom is -0.375 e. The third kappa shape index (κ3) is 2.27. The molecular formula is C14H17F2NO. The Morgan fingerprint density at radius 1 is 1.22 bits per heavy atom. The Kier molecular flexibility index (Phi) is 3.08. The summed E-state index contributed by atoms with van der Waals surface area (Å²) in [4.78, 5) is 0. The second kappa shape index (κ2) is 4.59. The highest BCUT2D eigenvalue weighted by molar-refractivity contribution is 5.19. The SMILES string of the molecule is NC(Cc1cc(F)cc(F)c1)C1CC2CCC1O2. The molecule has 2 bridgehead atoms. The van der Waals surface area contributed by atoms with Gasteiger partial charge in [0.25, 0.3) is 0 Å². The van der Waals surface area contributed by atoms with E-state index in [1.54, 1.807) is 0 Å². The zero-order chi connectivity index (χ0) is 12.7. The maximum atomic E-state index is 13.1. The predicted octanol–water partition coefficient (Wildman–Crippen LogP) is 2.40. The molecule has 0 aromatic heterocycles. The smallest absolute Gasteiger partial charge is 0.126 e. The molecule has 1 aromatic carbocycles. The van der Waals surface area contributed by atoms with Crippen molar-refractivity contribution in [2.24, 2.45) is 11.7 Å². The quantitative estimate of drug-likeness (QED) is 0.897. The summed E-state index contributed by atoms with van der Waals surface area (Å²) in [6.07, 6.45) is 4.30. The Bertz CT molecular complexity index is 431. The molecule has 0 spiro atoms. The molecule has 4 unspecified atom stereocenters. The summed E-state index contributed by atoms with van der Waals surface area (Å²) in [6.45, 7) is 0.